The van der Waals surface area contributed by atoms with Crippen molar-refractivity contribution < 1.29 is 33.3 Å². The molecular formula is C21H39N3O7. The fourth-order valence-corrected chi connectivity index (χ4v) is 3.00. The van der Waals surface area contributed by atoms with Gasteiger partial charge in [-0.05, 0) is 60.8 Å². The van der Waals surface area contributed by atoms with Gasteiger partial charge in [0.15, 0.2) is 5.79 Å². The maximum atomic E-state index is 12.6. The van der Waals surface area contributed by atoms with Gasteiger partial charge in [-0.2, -0.15) is 0 Å². The van der Waals surface area contributed by atoms with Gasteiger partial charge in [-0.25, -0.2) is 4.79 Å². The van der Waals surface area contributed by atoms with Crippen LogP contribution in [0.4, 0.5) is 4.79 Å². The molecule has 0 radical (unpaired) electrons. The van der Waals surface area contributed by atoms with Gasteiger partial charge in [0.2, 0.25) is 5.91 Å². The minimum atomic E-state index is -0.786. The SMILES string of the molecule is CCOC(=O)C[C@H](NC(=O)[C@@H](N)CCCCNC(=O)OC(C)(C)C)[C@@H]1COC(C)(C)O1. The zero-order valence-corrected chi connectivity index (χ0v) is 19.6. The normalized spacial score (nSPS) is 19.9. The molecule has 1 saturated heterocycles. The summed E-state index contributed by atoms with van der Waals surface area (Å²) >= 11 is 0. The minimum absolute atomic E-state index is 0.0315. The standard InChI is InChI=1S/C21H39N3O7/c1-7-28-17(25)12-15(16-13-29-21(5,6)30-16)24-18(26)14(22)10-8-9-11-23-19(27)31-20(2,3)4/h14-16H,7-13,22H2,1-6H3,(H,23,27)(H,24,26)/t14-,15-,16-/m0/s1. The molecule has 31 heavy (non-hydrogen) atoms. The zero-order valence-electron chi connectivity index (χ0n) is 19.6. The highest BCUT2D eigenvalue weighted by Crippen LogP contribution is 2.25. The maximum absolute atomic E-state index is 12.6. The predicted octanol–water partition coefficient (Wildman–Crippen LogP) is 1.60. The Morgan fingerprint density at radius 2 is 1.90 bits per heavy atom. The highest BCUT2D eigenvalue weighted by Gasteiger charge is 2.39. The summed E-state index contributed by atoms with van der Waals surface area (Å²) in [5, 5.41) is 5.48. The second kappa shape index (κ2) is 12.2. The smallest absolute Gasteiger partial charge is 0.407 e. The Balaban J connectivity index is 2.45. The van der Waals surface area contributed by atoms with Crippen LogP contribution in [0.2, 0.25) is 0 Å². The lowest BCUT2D eigenvalue weighted by atomic mass is 10.1. The average molecular weight is 446 g/mol. The third kappa shape index (κ3) is 11.3. The van der Waals surface area contributed by atoms with E-state index in [4.69, 9.17) is 24.7 Å². The van der Waals surface area contributed by atoms with Crippen LogP contribution in [-0.4, -0.2) is 67.3 Å². The van der Waals surface area contributed by atoms with Crippen molar-refractivity contribution in [1.82, 2.24) is 10.6 Å². The second-order valence-electron chi connectivity index (χ2n) is 9.02. The van der Waals surface area contributed by atoms with Crippen LogP contribution in [0, 0.1) is 0 Å². The van der Waals surface area contributed by atoms with Crippen molar-refractivity contribution in [3.63, 3.8) is 0 Å². The van der Waals surface area contributed by atoms with Gasteiger partial charge in [-0.1, -0.05) is 0 Å². The lowest BCUT2D eigenvalue weighted by Crippen LogP contribution is -2.51. The van der Waals surface area contributed by atoms with Crippen molar-refractivity contribution in [1.29, 1.82) is 0 Å². The molecule has 0 aromatic rings. The van der Waals surface area contributed by atoms with Crippen LogP contribution < -0.4 is 16.4 Å². The van der Waals surface area contributed by atoms with Crippen LogP contribution in [0.1, 0.15) is 67.2 Å². The Morgan fingerprint density at radius 1 is 1.23 bits per heavy atom. The average Bonchev–Trinajstić information content (AvgIpc) is 2.99. The first kappa shape index (κ1) is 27.1. The quantitative estimate of drug-likeness (QED) is 0.322. The topological polar surface area (TPSA) is 138 Å². The van der Waals surface area contributed by atoms with Crippen LogP contribution in [0.3, 0.4) is 0 Å². The monoisotopic (exact) mass is 445 g/mol. The molecule has 1 aliphatic heterocycles. The van der Waals surface area contributed by atoms with Gasteiger partial charge >= 0.3 is 12.1 Å². The van der Waals surface area contributed by atoms with Crippen molar-refractivity contribution in [3.05, 3.63) is 0 Å². The summed E-state index contributed by atoms with van der Waals surface area (Å²) < 4.78 is 21.5. The van der Waals surface area contributed by atoms with Crippen molar-refractivity contribution >= 4 is 18.0 Å². The molecular weight excluding hydrogens is 406 g/mol. The Bertz CT molecular complexity index is 604. The number of alkyl carbamates (subject to hydrolysis) is 1. The maximum Gasteiger partial charge on any atom is 0.407 e. The van der Waals surface area contributed by atoms with Crippen LogP contribution in [0.5, 0.6) is 0 Å². The number of nitrogens with one attached hydrogen (secondary N) is 2. The summed E-state index contributed by atoms with van der Waals surface area (Å²) in [6.07, 6.45) is 0.743. The molecule has 180 valence electrons. The summed E-state index contributed by atoms with van der Waals surface area (Å²) in [4.78, 5) is 36.1. The van der Waals surface area contributed by atoms with Gasteiger partial charge in [0.05, 0.1) is 31.7 Å². The van der Waals surface area contributed by atoms with Gasteiger partial charge < -0.3 is 35.3 Å². The van der Waals surface area contributed by atoms with Crippen molar-refractivity contribution in [2.24, 2.45) is 5.73 Å². The minimum Gasteiger partial charge on any atom is -0.466 e. The number of esters is 1. The van der Waals surface area contributed by atoms with Gasteiger partial charge in [-0.3, -0.25) is 9.59 Å². The number of amides is 2. The van der Waals surface area contributed by atoms with E-state index in [0.29, 0.717) is 25.8 Å². The number of nitrogens with two attached hydrogens (primary N) is 1. The summed E-state index contributed by atoms with van der Waals surface area (Å²) in [5.74, 6) is -1.59. The highest BCUT2D eigenvalue weighted by atomic mass is 16.7. The molecule has 0 spiro atoms. The number of rotatable bonds is 11. The van der Waals surface area contributed by atoms with E-state index in [-0.39, 0.29) is 25.5 Å². The second-order valence-corrected chi connectivity index (χ2v) is 9.02. The van der Waals surface area contributed by atoms with E-state index in [1.165, 1.54) is 0 Å². The highest BCUT2D eigenvalue weighted by molar-refractivity contribution is 5.82. The Kier molecular flexibility index (Phi) is 10.7. The molecule has 0 unspecified atom stereocenters. The molecule has 1 fully saturated rings. The lowest BCUT2D eigenvalue weighted by molar-refractivity contribution is -0.152. The fourth-order valence-electron chi connectivity index (χ4n) is 3.00. The van der Waals surface area contributed by atoms with Crippen LogP contribution >= 0.6 is 0 Å². The first-order valence-electron chi connectivity index (χ1n) is 10.8. The largest absolute Gasteiger partial charge is 0.466 e. The number of carbonyl (C=O) groups is 3. The molecule has 1 rings (SSSR count). The van der Waals surface area contributed by atoms with Gasteiger partial charge in [0.1, 0.15) is 11.7 Å². The Hall–Kier alpha value is -1.91. The van der Waals surface area contributed by atoms with Crippen molar-refractivity contribution in [2.75, 3.05) is 19.8 Å². The summed E-state index contributed by atoms with van der Waals surface area (Å²) in [7, 11) is 0. The zero-order chi connectivity index (χ0) is 23.7. The third-order valence-electron chi connectivity index (χ3n) is 4.45. The molecule has 10 nitrogen and oxygen atoms in total. The number of unbranched alkanes of at least 4 members (excludes halogenated alkanes) is 1. The Labute approximate surface area is 184 Å². The predicted molar refractivity (Wildman–Crippen MR) is 114 cm³/mol. The van der Waals surface area contributed by atoms with E-state index in [1.54, 1.807) is 41.5 Å². The van der Waals surface area contributed by atoms with Crippen LogP contribution in [0.15, 0.2) is 0 Å². The van der Waals surface area contributed by atoms with Crippen LogP contribution in [-0.2, 0) is 28.5 Å². The van der Waals surface area contributed by atoms with E-state index in [2.05, 4.69) is 10.6 Å². The number of hydrogen-bond acceptors (Lipinski definition) is 8. The first-order chi connectivity index (χ1) is 14.3. The first-order valence-corrected chi connectivity index (χ1v) is 10.8. The van der Waals surface area contributed by atoms with Gasteiger partial charge in [0.25, 0.3) is 0 Å². The van der Waals surface area contributed by atoms with E-state index in [9.17, 15) is 14.4 Å². The fraction of sp³-hybridized carbons (Fsp3) is 0.857. The molecule has 1 aliphatic rings. The summed E-state index contributed by atoms with van der Waals surface area (Å²) in [5.41, 5.74) is 5.47. The molecule has 0 aromatic heterocycles. The Morgan fingerprint density at radius 3 is 2.45 bits per heavy atom. The number of hydrogen-bond donors (Lipinski definition) is 3. The summed E-state index contributed by atoms with van der Waals surface area (Å²) in [6, 6.07) is -1.35. The number of carbonyl (C=O) groups excluding carboxylic acids is 3. The molecule has 0 saturated carbocycles. The van der Waals surface area contributed by atoms with E-state index in [1.807, 2.05) is 0 Å². The van der Waals surface area contributed by atoms with Gasteiger partial charge in [0, 0.05) is 6.54 Å². The molecule has 0 bridgehead atoms. The number of ether oxygens (including phenoxy) is 4. The molecule has 1 heterocycles. The summed E-state index contributed by atoms with van der Waals surface area (Å²) in [6.45, 7) is 11.6. The van der Waals surface area contributed by atoms with E-state index in [0.717, 1.165) is 0 Å². The molecule has 0 aromatic carbocycles. The van der Waals surface area contributed by atoms with Crippen molar-refractivity contribution in [3.8, 4) is 0 Å². The van der Waals surface area contributed by atoms with Crippen molar-refractivity contribution in [2.45, 2.75) is 96.8 Å². The van der Waals surface area contributed by atoms with Crippen LogP contribution in [0.25, 0.3) is 0 Å². The van der Waals surface area contributed by atoms with E-state index < -0.39 is 41.6 Å². The molecule has 3 atom stereocenters. The van der Waals surface area contributed by atoms with E-state index >= 15 is 0 Å². The lowest BCUT2D eigenvalue weighted by Gasteiger charge is -2.26. The molecule has 0 aliphatic carbocycles. The molecule has 4 N–H and O–H groups in total. The molecule has 2 amide bonds. The third-order valence-corrected chi connectivity index (χ3v) is 4.45. The van der Waals surface area contributed by atoms with Gasteiger partial charge in [-0.15, -0.1) is 0 Å². The molecule has 10 heteroatoms.